The predicted molar refractivity (Wildman–Crippen MR) is 62.2 cm³/mol. The second-order valence-electron chi connectivity index (χ2n) is 3.04. The molecule has 0 saturated heterocycles. The minimum absolute atomic E-state index is 0. The third-order valence-electron chi connectivity index (χ3n) is 2.22. The minimum atomic E-state index is 0. The molecule has 0 amide bonds. The first-order valence-electron chi connectivity index (χ1n) is 5.51. The second-order valence-corrected chi connectivity index (χ2v) is 3.04. The van der Waals surface area contributed by atoms with Crippen molar-refractivity contribution in [3.63, 3.8) is 0 Å². The highest BCUT2D eigenvalue weighted by molar-refractivity contribution is 5.14. The van der Waals surface area contributed by atoms with E-state index in [4.69, 9.17) is 0 Å². The number of H-pyrrole nitrogens is 1. The summed E-state index contributed by atoms with van der Waals surface area (Å²) >= 11 is 0. The number of hydrogen-bond donors (Lipinski definition) is 1. The molecule has 1 nitrogen and oxygen atoms in total. The molecule has 1 atom stereocenters. The number of aromatic amines is 1. The maximum atomic E-state index is 3.10. The summed E-state index contributed by atoms with van der Waals surface area (Å²) in [5.41, 5.74) is 1.47. The Hall–Kier alpha value is -0.720. The molecule has 1 aromatic rings. The molecule has 1 rings (SSSR count). The van der Waals surface area contributed by atoms with E-state index in [9.17, 15) is 0 Å². The van der Waals surface area contributed by atoms with Crippen LogP contribution in [-0.2, 0) is 0 Å². The van der Waals surface area contributed by atoms with Crippen LogP contribution < -0.4 is 0 Å². The molecule has 78 valence electrons. The summed E-state index contributed by atoms with van der Waals surface area (Å²) < 4.78 is 0. The molecule has 1 aromatic heterocycles. The molecule has 0 aromatic carbocycles. The molecule has 13 heavy (non-hydrogen) atoms. The van der Waals surface area contributed by atoms with Crippen LogP contribution in [0.2, 0.25) is 0 Å². The van der Waals surface area contributed by atoms with E-state index >= 15 is 0 Å². The van der Waals surface area contributed by atoms with Crippen LogP contribution in [0.1, 0.15) is 59.9 Å². The zero-order chi connectivity index (χ0) is 10.1. The highest BCUT2D eigenvalue weighted by Crippen LogP contribution is 2.23. The summed E-state index contributed by atoms with van der Waals surface area (Å²) in [6.07, 6.45) is 7.97. The molecule has 1 heterocycles. The Balaban J connectivity index is 0. The molecule has 1 unspecified atom stereocenters. The van der Waals surface area contributed by atoms with Crippen LogP contribution in [0.15, 0.2) is 18.5 Å². The van der Waals surface area contributed by atoms with Gasteiger partial charge < -0.3 is 4.98 Å². The topological polar surface area (TPSA) is 15.8 Å². The van der Waals surface area contributed by atoms with E-state index < -0.39 is 0 Å². The van der Waals surface area contributed by atoms with Crippen LogP contribution in [0.5, 0.6) is 0 Å². The van der Waals surface area contributed by atoms with Gasteiger partial charge in [-0.2, -0.15) is 0 Å². The number of nitrogens with one attached hydrogen (secondary N) is 1. The van der Waals surface area contributed by atoms with Crippen LogP contribution in [0, 0.1) is 0 Å². The van der Waals surface area contributed by atoms with Gasteiger partial charge in [-0.05, 0) is 30.4 Å². The van der Waals surface area contributed by atoms with Gasteiger partial charge in [0.05, 0.1) is 0 Å². The quantitative estimate of drug-likeness (QED) is 0.703. The largest absolute Gasteiger partial charge is 0.367 e. The molecule has 0 aliphatic rings. The van der Waals surface area contributed by atoms with Crippen molar-refractivity contribution >= 4 is 0 Å². The Labute approximate surface area is 84.1 Å². The van der Waals surface area contributed by atoms with Crippen LogP contribution in [0.4, 0.5) is 0 Å². The molecule has 1 heteroatoms. The van der Waals surface area contributed by atoms with Gasteiger partial charge in [-0.15, -0.1) is 0 Å². The van der Waals surface area contributed by atoms with E-state index in [0.717, 1.165) is 5.92 Å². The molecule has 0 spiro atoms. The third-order valence-corrected chi connectivity index (χ3v) is 2.22. The van der Waals surface area contributed by atoms with Crippen LogP contribution in [0.25, 0.3) is 0 Å². The maximum Gasteiger partial charge on any atom is 0.00401 e. The standard InChI is InChI=1S/C10H17N.C2H6.H2/c1-3-5-9(4-2)10-6-7-11-8-10;1-2;/h6-9,11H,3-5H2,1-2H3;1-2H3;1H. The van der Waals surface area contributed by atoms with Gasteiger partial charge in [0.25, 0.3) is 0 Å². The lowest BCUT2D eigenvalue weighted by atomic mass is 9.95. The third kappa shape index (κ3) is 4.16. The van der Waals surface area contributed by atoms with Crippen molar-refractivity contribution in [1.82, 2.24) is 4.98 Å². The van der Waals surface area contributed by atoms with Gasteiger partial charge in [0.2, 0.25) is 0 Å². The second kappa shape index (κ2) is 7.90. The lowest BCUT2D eigenvalue weighted by Gasteiger charge is -2.10. The summed E-state index contributed by atoms with van der Waals surface area (Å²) in [5.74, 6) is 0.770. The smallest absolute Gasteiger partial charge is 0.00401 e. The highest BCUT2D eigenvalue weighted by atomic mass is 14.6. The van der Waals surface area contributed by atoms with Gasteiger partial charge in [-0.3, -0.25) is 0 Å². The molecule has 1 N–H and O–H groups in total. The molecule has 0 radical (unpaired) electrons. The van der Waals surface area contributed by atoms with E-state index in [1.165, 1.54) is 24.8 Å². The van der Waals surface area contributed by atoms with Crippen molar-refractivity contribution in [2.24, 2.45) is 0 Å². The average molecular weight is 183 g/mol. The number of rotatable bonds is 4. The van der Waals surface area contributed by atoms with E-state index in [0.29, 0.717) is 0 Å². The summed E-state index contributed by atoms with van der Waals surface area (Å²) in [6.45, 7) is 8.50. The Morgan fingerprint density at radius 3 is 2.46 bits per heavy atom. The first-order chi connectivity index (χ1) is 6.38. The van der Waals surface area contributed by atoms with Gasteiger partial charge >= 0.3 is 0 Å². The zero-order valence-electron chi connectivity index (χ0n) is 9.43. The lowest BCUT2D eigenvalue weighted by molar-refractivity contribution is 0.596. The first-order valence-corrected chi connectivity index (χ1v) is 5.51. The Morgan fingerprint density at radius 1 is 1.38 bits per heavy atom. The van der Waals surface area contributed by atoms with Crippen molar-refractivity contribution in [2.75, 3.05) is 0 Å². The van der Waals surface area contributed by atoms with Crippen molar-refractivity contribution in [1.29, 1.82) is 0 Å². The van der Waals surface area contributed by atoms with Gasteiger partial charge in [0.1, 0.15) is 0 Å². The lowest BCUT2D eigenvalue weighted by Crippen LogP contribution is -1.93. The molecule has 0 fully saturated rings. The van der Waals surface area contributed by atoms with E-state index in [2.05, 4.69) is 31.1 Å². The summed E-state index contributed by atoms with van der Waals surface area (Å²) in [7, 11) is 0. The summed E-state index contributed by atoms with van der Waals surface area (Å²) in [4.78, 5) is 3.10. The number of aromatic nitrogens is 1. The van der Waals surface area contributed by atoms with E-state index in [-0.39, 0.29) is 1.43 Å². The molecular formula is C12H25N. The summed E-state index contributed by atoms with van der Waals surface area (Å²) in [5, 5.41) is 0. The fourth-order valence-corrected chi connectivity index (χ4v) is 1.55. The Morgan fingerprint density at radius 2 is 2.08 bits per heavy atom. The first kappa shape index (κ1) is 12.3. The van der Waals surface area contributed by atoms with Gasteiger partial charge in [0.15, 0.2) is 0 Å². The van der Waals surface area contributed by atoms with E-state index in [1.54, 1.807) is 0 Å². The monoisotopic (exact) mass is 183 g/mol. The SMILES string of the molecule is CC.CCCC(CC)c1cc[nH]c1.[HH]. The zero-order valence-corrected chi connectivity index (χ0v) is 9.43. The predicted octanol–water partition coefficient (Wildman–Crippen LogP) is 4.58. The number of hydrogen-bond acceptors (Lipinski definition) is 0. The van der Waals surface area contributed by atoms with Crippen molar-refractivity contribution in [3.05, 3.63) is 24.0 Å². The molecule has 0 saturated carbocycles. The molecule has 0 aliphatic carbocycles. The van der Waals surface area contributed by atoms with Gasteiger partial charge in [-0.25, -0.2) is 0 Å². The maximum absolute atomic E-state index is 3.10. The van der Waals surface area contributed by atoms with Gasteiger partial charge in [-0.1, -0.05) is 34.1 Å². The summed E-state index contributed by atoms with van der Waals surface area (Å²) in [6, 6.07) is 2.18. The minimum Gasteiger partial charge on any atom is -0.367 e. The molecular weight excluding hydrogens is 158 g/mol. The molecule has 0 aliphatic heterocycles. The van der Waals surface area contributed by atoms with Crippen LogP contribution >= 0.6 is 0 Å². The van der Waals surface area contributed by atoms with Crippen molar-refractivity contribution in [3.8, 4) is 0 Å². The fourth-order valence-electron chi connectivity index (χ4n) is 1.55. The van der Waals surface area contributed by atoms with E-state index in [1.807, 2.05) is 20.0 Å². The van der Waals surface area contributed by atoms with Crippen LogP contribution in [-0.4, -0.2) is 4.98 Å². The Kier molecular flexibility index (Phi) is 7.47. The van der Waals surface area contributed by atoms with Crippen molar-refractivity contribution in [2.45, 2.75) is 52.9 Å². The molecule has 0 bridgehead atoms. The fraction of sp³-hybridized carbons (Fsp3) is 0.667. The van der Waals surface area contributed by atoms with Crippen LogP contribution in [0.3, 0.4) is 0 Å². The Bertz CT molecular complexity index is 182. The normalized spacial score (nSPS) is 11.7. The van der Waals surface area contributed by atoms with Gasteiger partial charge in [0, 0.05) is 13.8 Å². The van der Waals surface area contributed by atoms with Crippen molar-refractivity contribution < 1.29 is 1.43 Å². The average Bonchev–Trinajstić information content (AvgIpc) is 2.70. The highest BCUT2D eigenvalue weighted by Gasteiger charge is 2.06.